The van der Waals surface area contributed by atoms with Crippen molar-refractivity contribution in [3.05, 3.63) is 54.1 Å². The van der Waals surface area contributed by atoms with Gasteiger partial charge in [-0.15, -0.1) is 0 Å². The molecule has 0 saturated carbocycles. The lowest BCUT2D eigenvalue weighted by atomic mass is 9.94. The lowest BCUT2D eigenvalue weighted by molar-refractivity contribution is 0.437. The highest BCUT2D eigenvalue weighted by Gasteiger charge is 2.17. The third kappa shape index (κ3) is 3.26. The second-order valence-electron chi connectivity index (χ2n) is 5.07. The molecule has 0 aliphatic carbocycles. The van der Waals surface area contributed by atoms with E-state index in [1.807, 2.05) is 49.5 Å². The molecule has 0 aromatic heterocycles. The zero-order chi connectivity index (χ0) is 13.9. The van der Waals surface area contributed by atoms with Gasteiger partial charge in [-0.2, -0.15) is 0 Å². The van der Waals surface area contributed by atoms with Gasteiger partial charge in [-0.1, -0.05) is 12.1 Å². The molecule has 2 rings (SSSR count). The van der Waals surface area contributed by atoms with Gasteiger partial charge in [-0.05, 0) is 62.9 Å². The van der Waals surface area contributed by atoms with Crippen LogP contribution >= 0.6 is 0 Å². The number of nitrogens with two attached hydrogens (primary N) is 1. The second-order valence-corrected chi connectivity index (χ2v) is 5.07. The molecule has 0 unspecified atom stereocenters. The summed E-state index contributed by atoms with van der Waals surface area (Å²) in [6.45, 7) is 4.27. The van der Waals surface area contributed by atoms with Gasteiger partial charge >= 0.3 is 0 Å². The molecule has 0 saturated heterocycles. The Morgan fingerprint density at radius 1 is 1.00 bits per heavy atom. The summed E-state index contributed by atoms with van der Waals surface area (Å²) in [6.07, 6.45) is 0. The number of rotatable bonds is 4. The van der Waals surface area contributed by atoms with Crippen LogP contribution in [0.5, 0.6) is 11.5 Å². The van der Waals surface area contributed by atoms with Crippen LogP contribution in [-0.4, -0.2) is 7.05 Å². The lowest BCUT2D eigenvalue weighted by Crippen LogP contribution is -2.32. The first kappa shape index (κ1) is 13.4. The standard InChI is InChI=1S/C16H20N2O/c1-16(2,18-3)12-5-4-6-15(11-12)19-14-9-7-13(17)8-10-14/h4-11,18H,17H2,1-3H3. The monoisotopic (exact) mass is 256 g/mol. The molecule has 0 fully saturated rings. The Morgan fingerprint density at radius 2 is 1.68 bits per heavy atom. The zero-order valence-corrected chi connectivity index (χ0v) is 11.6. The fraction of sp³-hybridized carbons (Fsp3) is 0.250. The molecule has 0 aliphatic heterocycles. The van der Waals surface area contributed by atoms with Crippen LogP contribution in [0.15, 0.2) is 48.5 Å². The highest BCUT2D eigenvalue weighted by Crippen LogP contribution is 2.27. The Kier molecular flexibility index (Phi) is 3.76. The van der Waals surface area contributed by atoms with E-state index in [4.69, 9.17) is 10.5 Å². The van der Waals surface area contributed by atoms with Crippen molar-refractivity contribution in [2.75, 3.05) is 12.8 Å². The highest BCUT2D eigenvalue weighted by atomic mass is 16.5. The van der Waals surface area contributed by atoms with Crippen molar-refractivity contribution in [2.24, 2.45) is 0 Å². The minimum atomic E-state index is -0.0829. The second kappa shape index (κ2) is 5.33. The molecule has 0 aliphatic rings. The predicted octanol–water partition coefficient (Wildman–Crippen LogP) is 3.52. The van der Waals surface area contributed by atoms with Crippen LogP contribution in [0.2, 0.25) is 0 Å². The summed E-state index contributed by atoms with van der Waals surface area (Å²) in [6, 6.07) is 15.5. The Hall–Kier alpha value is -2.00. The van der Waals surface area contributed by atoms with Crippen molar-refractivity contribution in [1.29, 1.82) is 0 Å². The SMILES string of the molecule is CNC(C)(C)c1cccc(Oc2ccc(N)cc2)c1. The molecule has 19 heavy (non-hydrogen) atoms. The van der Waals surface area contributed by atoms with E-state index in [9.17, 15) is 0 Å². The highest BCUT2D eigenvalue weighted by molar-refractivity contribution is 5.43. The third-order valence-corrected chi connectivity index (χ3v) is 3.30. The molecular weight excluding hydrogens is 236 g/mol. The van der Waals surface area contributed by atoms with E-state index in [1.54, 1.807) is 0 Å². The summed E-state index contributed by atoms with van der Waals surface area (Å²) in [4.78, 5) is 0. The molecule has 0 spiro atoms. The van der Waals surface area contributed by atoms with E-state index < -0.39 is 0 Å². The number of nitrogen functional groups attached to an aromatic ring is 1. The zero-order valence-electron chi connectivity index (χ0n) is 11.6. The molecule has 0 bridgehead atoms. The molecular formula is C16H20N2O. The fourth-order valence-corrected chi connectivity index (χ4v) is 1.76. The fourth-order valence-electron chi connectivity index (χ4n) is 1.76. The van der Waals surface area contributed by atoms with Crippen LogP contribution in [0.25, 0.3) is 0 Å². The first-order chi connectivity index (χ1) is 9.01. The topological polar surface area (TPSA) is 47.3 Å². The Bertz CT molecular complexity index is 547. The van der Waals surface area contributed by atoms with Crippen LogP contribution in [0.3, 0.4) is 0 Å². The molecule has 3 nitrogen and oxygen atoms in total. The maximum Gasteiger partial charge on any atom is 0.127 e. The molecule has 0 atom stereocenters. The predicted molar refractivity (Wildman–Crippen MR) is 79.5 cm³/mol. The molecule has 0 heterocycles. The quantitative estimate of drug-likeness (QED) is 0.823. The van der Waals surface area contributed by atoms with E-state index in [0.717, 1.165) is 17.2 Å². The van der Waals surface area contributed by atoms with Gasteiger partial charge in [-0.3, -0.25) is 0 Å². The van der Waals surface area contributed by atoms with Crippen LogP contribution < -0.4 is 15.8 Å². The molecule has 100 valence electrons. The number of benzene rings is 2. The maximum atomic E-state index is 5.83. The van der Waals surface area contributed by atoms with Crippen molar-refractivity contribution in [2.45, 2.75) is 19.4 Å². The van der Waals surface area contributed by atoms with Gasteiger partial charge in [0.25, 0.3) is 0 Å². The molecule has 2 aromatic carbocycles. The van der Waals surface area contributed by atoms with E-state index in [1.165, 1.54) is 5.56 Å². The van der Waals surface area contributed by atoms with E-state index in [0.29, 0.717) is 0 Å². The Labute approximate surface area is 114 Å². The molecule has 2 aromatic rings. The smallest absolute Gasteiger partial charge is 0.127 e. The molecule has 0 amide bonds. The van der Waals surface area contributed by atoms with Crippen LogP contribution in [-0.2, 0) is 5.54 Å². The summed E-state index contributed by atoms with van der Waals surface area (Å²) < 4.78 is 5.83. The number of nitrogens with one attached hydrogen (secondary N) is 1. The maximum absolute atomic E-state index is 5.83. The minimum absolute atomic E-state index is 0.0829. The Balaban J connectivity index is 2.22. The largest absolute Gasteiger partial charge is 0.457 e. The number of hydrogen-bond acceptors (Lipinski definition) is 3. The summed E-state index contributed by atoms with van der Waals surface area (Å²) in [5.41, 5.74) is 7.49. The van der Waals surface area contributed by atoms with Crippen LogP contribution in [0.1, 0.15) is 19.4 Å². The summed E-state index contributed by atoms with van der Waals surface area (Å²) in [7, 11) is 1.95. The number of ether oxygens (including phenoxy) is 1. The summed E-state index contributed by atoms with van der Waals surface area (Å²) in [5, 5.41) is 3.28. The average Bonchev–Trinajstić information content (AvgIpc) is 2.42. The van der Waals surface area contributed by atoms with E-state index in [2.05, 4.69) is 25.2 Å². The molecule has 3 heteroatoms. The van der Waals surface area contributed by atoms with Crippen molar-refractivity contribution >= 4 is 5.69 Å². The van der Waals surface area contributed by atoms with Gasteiger partial charge in [0.2, 0.25) is 0 Å². The number of hydrogen-bond donors (Lipinski definition) is 2. The van der Waals surface area contributed by atoms with Crippen molar-refractivity contribution in [1.82, 2.24) is 5.32 Å². The first-order valence-corrected chi connectivity index (χ1v) is 6.34. The lowest BCUT2D eigenvalue weighted by Gasteiger charge is -2.25. The molecule has 0 radical (unpaired) electrons. The van der Waals surface area contributed by atoms with Gasteiger partial charge in [-0.25, -0.2) is 0 Å². The van der Waals surface area contributed by atoms with Gasteiger partial charge < -0.3 is 15.8 Å². The van der Waals surface area contributed by atoms with E-state index in [-0.39, 0.29) is 5.54 Å². The van der Waals surface area contributed by atoms with Crippen LogP contribution in [0, 0.1) is 0 Å². The Morgan fingerprint density at radius 3 is 2.32 bits per heavy atom. The summed E-state index contributed by atoms with van der Waals surface area (Å²) in [5.74, 6) is 1.61. The van der Waals surface area contributed by atoms with Gasteiger partial charge in [0.05, 0.1) is 0 Å². The third-order valence-electron chi connectivity index (χ3n) is 3.30. The van der Waals surface area contributed by atoms with Gasteiger partial charge in [0.1, 0.15) is 11.5 Å². The van der Waals surface area contributed by atoms with Gasteiger partial charge in [0.15, 0.2) is 0 Å². The van der Waals surface area contributed by atoms with E-state index >= 15 is 0 Å². The van der Waals surface area contributed by atoms with Crippen molar-refractivity contribution in [3.63, 3.8) is 0 Å². The minimum Gasteiger partial charge on any atom is -0.457 e. The van der Waals surface area contributed by atoms with Crippen molar-refractivity contribution in [3.8, 4) is 11.5 Å². The molecule has 3 N–H and O–H groups in total. The average molecular weight is 256 g/mol. The normalized spacial score (nSPS) is 11.3. The summed E-state index contributed by atoms with van der Waals surface area (Å²) >= 11 is 0. The van der Waals surface area contributed by atoms with Gasteiger partial charge in [0, 0.05) is 11.2 Å². The number of anilines is 1. The van der Waals surface area contributed by atoms with Crippen LogP contribution in [0.4, 0.5) is 5.69 Å². The van der Waals surface area contributed by atoms with Crippen molar-refractivity contribution < 1.29 is 4.74 Å². The first-order valence-electron chi connectivity index (χ1n) is 6.34.